The molecule has 1 heterocycles. The Balaban J connectivity index is 0.00000312. The molecule has 0 spiro atoms. The van der Waals surface area contributed by atoms with E-state index in [1.54, 1.807) is 37.4 Å². The molecule has 0 aliphatic heterocycles. The van der Waals surface area contributed by atoms with Crippen molar-refractivity contribution in [2.24, 2.45) is 4.99 Å². The van der Waals surface area contributed by atoms with Crippen LogP contribution in [0.4, 0.5) is 8.78 Å². The van der Waals surface area contributed by atoms with Crippen LogP contribution in [0.1, 0.15) is 16.5 Å². The number of halogens is 3. The predicted molar refractivity (Wildman–Crippen MR) is 111 cm³/mol. The quantitative estimate of drug-likeness (QED) is 0.377. The van der Waals surface area contributed by atoms with Gasteiger partial charge in [-0.3, -0.25) is 4.99 Å². The van der Waals surface area contributed by atoms with Crippen LogP contribution >= 0.6 is 35.3 Å². The zero-order chi connectivity index (χ0) is 17.5. The molecule has 1 aromatic heterocycles. The van der Waals surface area contributed by atoms with Crippen LogP contribution in [0, 0.1) is 11.6 Å². The second-order valence-corrected chi connectivity index (χ2v) is 6.53. The highest BCUT2D eigenvalue weighted by Gasteiger charge is 2.22. The van der Waals surface area contributed by atoms with Crippen LogP contribution in [0.15, 0.2) is 40.7 Å². The Kier molecular flexibility index (Phi) is 9.30. The van der Waals surface area contributed by atoms with Crippen LogP contribution in [0.3, 0.4) is 0 Å². The van der Waals surface area contributed by atoms with Crippen LogP contribution in [-0.4, -0.2) is 38.5 Å². The number of nitrogens with one attached hydrogen (secondary N) is 2. The summed E-state index contributed by atoms with van der Waals surface area (Å²) in [5.74, 6) is -0.499. The standard InChI is InChI=1S/C17H22F2N4S.HI/c1-20-17(21-10-12-6-5-9-24-12)22-11-15(23(2)3)16-13(18)7-4-8-14(16)19;/h4-9,15H,10-11H2,1-3H3,(H2,20,21,22);1H. The van der Waals surface area contributed by atoms with E-state index >= 15 is 0 Å². The molecule has 138 valence electrons. The molecule has 25 heavy (non-hydrogen) atoms. The number of likely N-dealkylation sites (N-methyl/N-ethyl adjacent to an activating group) is 1. The SMILES string of the molecule is CN=C(NCc1cccs1)NCC(c1c(F)cccc1F)N(C)C.I. The summed E-state index contributed by atoms with van der Waals surface area (Å²) in [6.45, 7) is 0.979. The van der Waals surface area contributed by atoms with Crippen LogP contribution in [0.25, 0.3) is 0 Å². The van der Waals surface area contributed by atoms with Gasteiger partial charge in [0.1, 0.15) is 11.6 Å². The molecule has 0 fully saturated rings. The van der Waals surface area contributed by atoms with Gasteiger partial charge >= 0.3 is 0 Å². The van der Waals surface area contributed by atoms with Gasteiger partial charge < -0.3 is 15.5 Å². The summed E-state index contributed by atoms with van der Waals surface area (Å²) in [5, 5.41) is 8.33. The number of aliphatic imine (C=N–C) groups is 1. The van der Waals surface area contributed by atoms with Crippen molar-refractivity contribution in [3.05, 3.63) is 57.8 Å². The lowest BCUT2D eigenvalue weighted by Gasteiger charge is -2.26. The average molecular weight is 480 g/mol. The van der Waals surface area contributed by atoms with E-state index in [1.807, 2.05) is 17.5 Å². The van der Waals surface area contributed by atoms with Gasteiger partial charge in [-0.05, 0) is 37.7 Å². The summed E-state index contributed by atoms with van der Waals surface area (Å²) in [7, 11) is 5.25. The van der Waals surface area contributed by atoms with Crippen molar-refractivity contribution in [3.63, 3.8) is 0 Å². The molecule has 0 aliphatic rings. The van der Waals surface area contributed by atoms with E-state index in [0.29, 0.717) is 19.0 Å². The minimum Gasteiger partial charge on any atom is -0.354 e. The van der Waals surface area contributed by atoms with Crippen molar-refractivity contribution in [1.29, 1.82) is 0 Å². The smallest absolute Gasteiger partial charge is 0.191 e. The van der Waals surface area contributed by atoms with E-state index in [4.69, 9.17) is 0 Å². The second-order valence-electron chi connectivity index (χ2n) is 5.50. The molecule has 1 unspecified atom stereocenters. The largest absolute Gasteiger partial charge is 0.354 e. The third-order valence-electron chi connectivity index (χ3n) is 3.65. The highest BCUT2D eigenvalue weighted by molar-refractivity contribution is 14.0. The molecule has 0 saturated carbocycles. The summed E-state index contributed by atoms with van der Waals surface area (Å²) >= 11 is 1.65. The first kappa shape index (κ1) is 21.8. The molecule has 8 heteroatoms. The minimum absolute atomic E-state index is 0. The van der Waals surface area contributed by atoms with Gasteiger partial charge in [-0.15, -0.1) is 35.3 Å². The molecular formula is C17H23F2IN4S. The van der Waals surface area contributed by atoms with Crippen LogP contribution in [0.2, 0.25) is 0 Å². The molecule has 0 bridgehead atoms. The molecule has 2 aromatic rings. The number of hydrogen-bond donors (Lipinski definition) is 2. The third-order valence-corrected chi connectivity index (χ3v) is 4.53. The maximum atomic E-state index is 14.1. The van der Waals surface area contributed by atoms with Crippen LogP contribution < -0.4 is 10.6 Å². The molecule has 0 amide bonds. The number of rotatable bonds is 6. The maximum Gasteiger partial charge on any atom is 0.191 e. The molecule has 0 radical (unpaired) electrons. The summed E-state index contributed by atoms with van der Waals surface area (Å²) < 4.78 is 28.1. The molecule has 0 saturated heterocycles. The number of thiophene rings is 1. The van der Waals surface area contributed by atoms with E-state index in [2.05, 4.69) is 15.6 Å². The van der Waals surface area contributed by atoms with E-state index in [9.17, 15) is 8.78 Å². The van der Waals surface area contributed by atoms with Gasteiger partial charge in [0.2, 0.25) is 0 Å². The Morgan fingerprint density at radius 2 is 1.84 bits per heavy atom. The van der Waals surface area contributed by atoms with E-state index in [-0.39, 0.29) is 29.5 Å². The highest BCUT2D eigenvalue weighted by Crippen LogP contribution is 2.23. The van der Waals surface area contributed by atoms with Gasteiger partial charge in [0.05, 0.1) is 12.6 Å². The molecule has 2 rings (SSSR count). The number of hydrogen-bond acceptors (Lipinski definition) is 3. The van der Waals surface area contributed by atoms with Crippen molar-refractivity contribution < 1.29 is 8.78 Å². The second kappa shape index (κ2) is 10.7. The topological polar surface area (TPSA) is 39.7 Å². The zero-order valence-corrected chi connectivity index (χ0v) is 17.6. The average Bonchev–Trinajstić information content (AvgIpc) is 3.05. The van der Waals surface area contributed by atoms with E-state index in [0.717, 1.165) is 0 Å². The molecule has 4 nitrogen and oxygen atoms in total. The monoisotopic (exact) mass is 480 g/mol. The Hall–Kier alpha value is -1.26. The first-order valence-corrected chi connectivity index (χ1v) is 8.48. The Morgan fingerprint density at radius 3 is 2.36 bits per heavy atom. The maximum absolute atomic E-state index is 14.1. The summed E-state index contributed by atoms with van der Waals surface area (Å²) in [6.07, 6.45) is 0. The van der Waals surface area contributed by atoms with Gasteiger partial charge in [-0.1, -0.05) is 12.1 Å². The zero-order valence-electron chi connectivity index (χ0n) is 14.4. The molecule has 1 aromatic carbocycles. The van der Waals surface area contributed by atoms with E-state index in [1.165, 1.54) is 23.1 Å². The van der Waals surface area contributed by atoms with Crippen molar-refractivity contribution in [2.45, 2.75) is 12.6 Å². The van der Waals surface area contributed by atoms with Gasteiger partial charge in [0, 0.05) is 24.0 Å². The summed E-state index contributed by atoms with van der Waals surface area (Å²) in [5.41, 5.74) is 0.0590. The third kappa shape index (κ3) is 6.19. The van der Waals surface area contributed by atoms with Crippen LogP contribution in [0.5, 0.6) is 0 Å². The lowest BCUT2D eigenvalue weighted by Crippen LogP contribution is -2.41. The molecular weight excluding hydrogens is 457 g/mol. The fraction of sp³-hybridized carbons (Fsp3) is 0.353. The van der Waals surface area contributed by atoms with Gasteiger partial charge in [-0.25, -0.2) is 8.78 Å². The fourth-order valence-electron chi connectivity index (χ4n) is 2.37. The van der Waals surface area contributed by atoms with E-state index < -0.39 is 17.7 Å². The molecule has 1 atom stereocenters. The predicted octanol–water partition coefficient (Wildman–Crippen LogP) is 3.61. The summed E-state index contributed by atoms with van der Waals surface area (Å²) in [4.78, 5) is 7.11. The first-order valence-electron chi connectivity index (χ1n) is 7.60. The Labute approximate surface area is 168 Å². The highest BCUT2D eigenvalue weighted by atomic mass is 127. The van der Waals surface area contributed by atoms with Crippen molar-refractivity contribution in [1.82, 2.24) is 15.5 Å². The molecule has 2 N–H and O–H groups in total. The lowest BCUT2D eigenvalue weighted by molar-refractivity contribution is 0.282. The normalized spacial score (nSPS) is 12.6. The first-order chi connectivity index (χ1) is 11.5. The lowest BCUT2D eigenvalue weighted by atomic mass is 10.0. The fourth-order valence-corrected chi connectivity index (χ4v) is 3.01. The minimum atomic E-state index is -0.544. The summed E-state index contributed by atoms with van der Waals surface area (Å²) in [6, 6.07) is 7.49. The Morgan fingerprint density at radius 1 is 1.16 bits per heavy atom. The van der Waals surface area contributed by atoms with Gasteiger partial charge in [0.25, 0.3) is 0 Å². The number of guanidine groups is 1. The van der Waals surface area contributed by atoms with Gasteiger partial charge in [-0.2, -0.15) is 0 Å². The van der Waals surface area contributed by atoms with Gasteiger partial charge in [0.15, 0.2) is 5.96 Å². The van der Waals surface area contributed by atoms with Crippen molar-refractivity contribution in [2.75, 3.05) is 27.7 Å². The number of nitrogens with zero attached hydrogens (tertiary/aromatic N) is 2. The Bertz CT molecular complexity index is 657. The number of benzene rings is 1. The van der Waals surface area contributed by atoms with Crippen LogP contribution in [-0.2, 0) is 6.54 Å². The van der Waals surface area contributed by atoms with Crippen molar-refractivity contribution in [3.8, 4) is 0 Å². The van der Waals surface area contributed by atoms with Crippen molar-refractivity contribution >= 4 is 41.3 Å². The molecule has 0 aliphatic carbocycles.